The van der Waals surface area contributed by atoms with Gasteiger partial charge in [-0.3, -0.25) is 9.58 Å². The molecule has 0 unspecified atom stereocenters. The summed E-state index contributed by atoms with van der Waals surface area (Å²) in [6.07, 6.45) is 0. The minimum absolute atomic E-state index is 0.619. The molecule has 6 heteroatoms. The van der Waals surface area contributed by atoms with E-state index >= 15 is 0 Å². The van der Waals surface area contributed by atoms with Gasteiger partial charge in [-0.1, -0.05) is 11.6 Å². The molecule has 92 valence electrons. The molecule has 4 N–H and O–H groups in total. The van der Waals surface area contributed by atoms with Crippen LogP contribution in [0.5, 0.6) is 0 Å². The Morgan fingerprint density at radius 1 is 1.31 bits per heavy atom. The van der Waals surface area contributed by atoms with Gasteiger partial charge in [0.25, 0.3) is 0 Å². The van der Waals surface area contributed by atoms with E-state index in [1.54, 1.807) is 0 Å². The maximum atomic E-state index is 6.19. The molecular weight excluding hydrogens is 226 g/mol. The van der Waals surface area contributed by atoms with E-state index in [0.717, 1.165) is 36.0 Å². The molecule has 0 aliphatic carbocycles. The molecule has 0 fully saturated rings. The van der Waals surface area contributed by atoms with E-state index in [4.69, 9.17) is 23.1 Å². The Bertz CT molecular complexity index is 330. The standard InChI is InChI=1S/C10H20ClN5/c1-8-10(11)9(15(2)14-8)7-16(5-3-12)6-4-13/h3-7,12-13H2,1-2H3. The van der Waals surface area contributed by atoms with Crippen LogP contribution in [0.25, 0.3) is 0 Å². The summed E-state index contributed by atoms with van der Waals surface area (Å²) in [5.74, 6) is 0. The molecule has 5 nitrogen and oxygen atoms in total. The van der Waals surface area contributed by atoms with Crippen LogP contribution in [0, 0.1) is 6.92 Å². The molecule has 0 aromatic carbocycles. The first-order valence-electron chi connectivity index (χ1n) is 5.40. The minimum Gasteiger partial charge on any atom is -0.329 e. The fourth-order valence-corrected chi connectivity index (χ4v) is 1.92. The Kier molecular flexibility index (Phi) is 5.21. The molecule has 0 aliphatic heterocycles. The zero-order chi connectivity index (χ0) is 12.1. The van der Waals surface area contributed by atoms with Gasteiger partial charge in [0.05, 0.1) is 16.4 Å². The molecule has 0 aliphatic rings. The van der Waals surface area contributed by atoms with Gasteiger partial charge in [-0.05, 0) is 6.92 Å². The van der Waals surface area contributed by atoms with Crippen molar-refractivity contribution in [3.63, 3.8) is 0 Å². The molecule has 0 amide bonds. The number of rotatable bonds is 6. The summed E-state index contributed by atoms with van der Waals surface area (Å²) in [5, 5.41) is 5.02. The number of aryl methyl sites for hydroxylation is 2. The highest BCUT2D eigenvalue weighted by atomic mass is 35.5. The molecule has 1 aromatic heterocycles. The zero-order valence-corrected chi connectivity index (χ0v) is 10.7. The van der Waals surface area contributed by atoms with Crippen molar-refractivity contribution in [1.82, 2.24) is 14.7 Å². The summed E-state index contributed by atoms with van der Waals surface area (Å²) in [6, 6.07) is 0. The first-order valence-corrected chi connectivity index (χ1v) is 5.78. The Morgan fingerprint density at radius 2 is 1.88 bits per heavy atom. The van der Waals surface area contributed by atoms with E-state index in [0.29, 0.717) is 13.1 Å². The third-order valence-electron chi connectivity index (χ3n) is 2.53. The van der Waals surface area contributed by atoms with Gasteiger partial charge in [0.2, 0.25) is 0 Å². The van der Waals surface area contributed by atoms with Crippen LogP contribution in [0.15, 0.2) is 0 Å². The van der Waals surface area contributed by atoms with Crippen molar-refractivity contribution in [2.24, 2.45) is 18.5 Å². The molecular formula is C10H20ClN5. The molecule has 1 aromatic rings. The average molecular weight is 246 g/mol. The molecule has 1 rings (SSSR count). The van der Waals surface area contributed by atoms with Crippen LogP contribution in [0.3, 0.4) is 0 Å². The van der Waals surface area contributed by atoms with Crippen LogP contribution in [0.2, 0.25) is 5.02 Å². The Morgan fingerprint density at radius 3 is 2.25 bits per heavy atom. The van der Waals surface area contributed by atoms with Crippen LogP contribution < -0.4 is 11.5 Å². The third-order valence-corrected chi connectivity index (χ3v) is 3.02. The Balaban J connectivity index is 2.76. The maximum Gasteiger partial charge on any atom is 0.0860 e. The number of hydrogen-bond acceptors (Lipinski definition) is 4. The van der Waals surface area contributed by atoms with E-state index in [2.05, 4.69) is 10.00 Å². The van der Waals surface area contributed by atoms with Gasteiger partial charge in [-0.2, -0.15) is 5.10 Å². The summed E-state index contributed by atoms with van der Waals surface area (Å²) >= 11 is 6.19. The smallest absolute Gasteiger partial charge is 0.0860 e. The van der Waals surface area contributed by atoms with Gasteiger partial charge in [-0.25, -0.2) is 0 Å². The van der Waals surface area contributed by atoms with Gasteiger partial charge in [0, 0.05) is 39.8 Å². The van der Waals surface area contributed by atoms with Crippen molar-refractivity contribution in [3.8, 4) is 0 Å². The number of nitrogens with zero attached hydrogens (tertiary/aromatic N) is 3. The fourth-order valence-electron chi connectivity index (χ4n) is 1.70. The van der Waals surface area contributed by atoms with E-state index in [1.807, 2.05) is 18.7 Å². The first-order chi connectivity index (χ1) is 7.60. The molecule has 0 saturated heterocycles. The lowest BCUT2D eigenvalue weighted by Crippen LogP contribution is -2.34. The van der Waals surface area contributed by atoms with E-state index < -0.39 is 0 Å². The maximum absolute atomic E-state index is 6.19. The Hall–Kier alpha value is -0.620. The number of aromatic nitrogens is 2. The van der Waals surface area contributed by atoms with Crippen LogP contribution in [0.1, 0.15) is 11.4 Å². The number of hydrogen-bond donors (Lipinski definition) is 2. The van der Waals surface area contributed by atoms with Crippen molar-refractivity contribution in [2.45, 2.75) is 13.5 Å². The predicted molar refractivity (Wildman–Crippen MR) is 66.3 cm³/mol. The lowest BCUT2D eigenvalue weighted by Gasteiger charge is -2.20. The Labute approximate surface area is 101 Å². The topological polar surface area (TPSA) is 73.1 Å². The second-order valence-electron chi connectivity index (χ2n) is 3.82. The number of nitrogens with two attached hydrogens (primary N) is 2. The van der Waals surface area contributed by atoms with Crippen LogP contribution in [-0.2, 0) is 13.6 Å². The van der Waals surface area contributed by atoms with Gasteiger partial charge >= 0.3 is 0 Å². The highest BCUT2D eigenvalue weighted by Gasteiger charge is 2.14. The van der Waals surface area contributed by atoms with E-state index in [1.165, 1.54) is 0 Å². The molecule has 0 atom stereocenters. The van der Waals surface area contributed by atoms with Gasteiger partial charge in [0.15, 0.2) is 0 Å². The highest BCUT2D eigenvalue weighted by Crippen LogP contribution is 2.20. The fraction of sp³-hybridized carbons (Fsp3) is 0.700. The predicted octanol–water partition coefficient (Wildman–Crippen LogP) is 0.101. The molecule has 0 saturated carbocycles. The first kappa shape index (κ1) is 13.4. The SMILES string of the molecule is Cc1nn(C)c(CN(CCN)CCN)c1Cl. The highest BCUT2D eigenvalue weighted by molar-refractivity contribution is 6.31. The van der Waals surface area contributed by atoms with Crippen LogP contribution in [-0.4, -0.2) is 40.9 Å². The van der Waals surface area contributed by atoms with E-state index in [9.17, 15) is 0 Å². The van der Waals surface area contributed by atoms with Crippen molar-refractivity contribution >= 4 is 11.6 Å². The van der Waals surface area contributed by atoms with Gasteiger partial charge in [0.1, 0.15) is 0 Å². The summed E-state index contributed by atoms with van der Waals surface area (Å²) in [6.45, 7) is 5.52. The number of halogens is 1. The summed E-state index contributed by atoms with van der Waals surface area (Å²) in [5.41, 5.74) is 13.0. The molecule has 1 heterocycles. The molecule has 0 radical (unpaired) electrons. The van der Waals surface area contributed by atoms with Crippen LogP contribution in [0.4, 0.5) is 0 Å². The molecule has 0 bridgehead atoms. The average Bonchev–Trinajstić information content (AvgIpc) is 2.46. The van der Waals surface area contributed by atoms with Gasteiger partial charge in [-0.15, -0.1) is 0 Å². The lowest BCUT2D eigenvalue weighted by atomic mass is 10.3. The second-order valence-corrected chi connectivity index (χ2v) is 4.20. The largest absolute Gasteiger partial charge is 0.329 e. The molecule has 0 spiro atoms. The third kappa shape index (κ3) is 3.18. The lowest BCUT2D eigenvalue weighted by molar-refractivity contribution is 0.273. The minimum atomic E-state index is 0.619. The van der Waals surface area contributed by atoms with Crippen LogP contribution >= 0.6 is 11.6 Å². The molecule has 16 heavy (non-hydrogen) atoms. The zero-order valence-electron chi connectivity index (χ0n) is 9.91. The van der Waals surface area contributed by atoms with E-state index in [-0.39, 0.29) is 0 Å². The summed E-state index contributed by atoms with van der Waals surface area (Å²) in [4.78, 5) is 2.18. The normalized spacial score (nSPS) is 11.4. The van der Waals surface area contributed by atoms with Crippen molar-refractivity contribution < 1.29 is 0 Å². The summed E-state index contributed by atoms with van der Waals surface area (Å²) < 4.78 is 1.82. The monoisotopic (exact) mass is 245 g/mol. The van der Waals surface area contributed by atoms with Crippen molar-refractivity contribution in [1.29, 1.82) is 0 Å². The van der Waals surface area contributed by atoms with Gasteiger partial charge < -0.3 is 11.5 Å². The second kappa shape index (κ2) is 6.20. The quantitative estimate of drug-likeness (QED) is 0.746. The van der Waals surface area contributed by atoms with Crippen molar-refractivity contribution in [2.75, 3.05) is 26.2 Å². The summed E-state index contributed by atoms with van der Waals surface area (Å²) in [7, 11) is 1.90. The van der Waals surface area contributed by atoms with Crippen molar-refractivity contribution in [3.05, 3.63) is 16.4 Å².